The maximum absolute atomic E-state index is 12.3. The molecule has 0 fully saturated rings. The van der Waals surface area contributed by atoms with Crippen molar-refractivity contribution in [1.29, 1.82) is 0 Å². The standard InChI is InChI=1S/C18H21ClN2O2/c1-11-8-12(2)17(13(3)9-11)21-18(23)20-16(10-22)14-4-6-15(19)7-5-14/h4-9,16,22H,10H2,1-3H3,(H2,20,21,23). The Labute approximate surface area is 141 Å². The highest BCUT2D eigenvalue weighted by Gasteiger charge is 2.15. The number of anilines is 1. The lowest BCUT2D eigenvalue weighted by Gasteiger charge is -2.19. The summed E-state index contributed by atoms with van der Waals surface area (Å²) in [5.74, 6) is 0. The molecule has 0 aliphatic carbocycles. The maximum Gasteiger partial charge on any atom is 0.319 e. The number of urea groups is 1. The average Bonchev–Trinajstić information content (AvgIpc) is 2.49. The Bertz CT molecular complexity index is 676. The van der Waals surface area contributed by atoms with Gasteiger partial charge in [-0.25, -0.2) is 4.79 Å². The quantitative estimate of drug-likeness (QED) is 0.788. The fourth-order valence-electron chi connectivity index (χ4n) is 2.61. The number of carbonyl (C=O) groups is 1. The van der Waals surface area contributed by atoms with Crippen LogP contribution in [0, 0.1) is 20.8 Å². The molecule has 2 aromatic carbocycles. The first-order chi connectivity index (χ1) is 10.9. The Morgan fingerprint density at radius 3 is 2.22 bits per heavy atom. The third-order valence-corrected chi connectivity index (χ3v) is 3.93. The molecule has 3 N–H and O–H groups in total. The third-order valence-electron chi connectivity index (χ3n) is 3.68. The maximum atomic E-state index is 12.3. The van der Waals surface area contributed by atoms with E-state index in [0.717, 1.165) is 27.9 Å². The van der Waals surface area contributed by atoms with Crippen LogP contribution in [0.3, 0.4) is 0 Å². The molecule has 1 unspecified atom stereocenters. The normalized spacial score (nSPS) is 11.9. The Morgan fingerprint density at radius 1 is 1.13 bits per heavy atom. The van der Waals surface area contributed by atoms with Crippen molar-refractivity contribution in [3.8, 4) is 0 Å². The van der Waals surface area contributed by atoms with Crippen molar-refractivity contribution >= 4 is 23.3 Å². The van der Waals surface area contributed by atoms with Crippen LogP contribution >= 0.6 is 11.6 Å². The highest BCUT2D eigenvalue weighted by molar-refractivity contribution is 6.30. The minimum atomic E-state index is -0.488. The summed E-state index contributed by atoms with van der Waals surface area (Å²) in [4.78, 5) is 12.3. The van der Waals surface area contributed by atoms with Crippen LogP contribution in [-0.4, -0.2) is 17.7 Å². The number of carbonyl (C=O) groups excluding carboxylic acids is 1. The van der Waals surface area contributed by atoms with Gasteiger partial charge in [-0.15, -0.1) is 0 Å². The lowest BCUT2D eigenvalue weighted by atomic mass is 10.1. The summed E-state index contributed by atoms with van der Waals surface area (Å²) in [5.41, 5.74) is 4.75. The predicted octanol–water partition coefficient (Wildman–Crippen LogP) is 4.12. The van der Waals surface area contributed by atoms with Crippen molar-refractivity contribution < 1.29 is 9.90 Å². The van der Waals surface area contributed by atoms with Gasteiger partial charge in [0.05, 0.1) is 12.6 Å². The average molecular weight is 333 g/mol. The fourth-order valence-corrected chi connectivity index (χ4v) is 2.74. The second-order valence-electron chi connectivity index (χ2n) is 5.66. The molecule has 4 nitrogen and oxygen atoms in total. The smallest absolute Gasteiger partial charge is 0.319 e. The largest absolute Gasteiger partial charge is 0.394 e. The van der Waals surface area contributed by atoms with Gasteiger partial charge < -0.3 is 15.7 Å². The van der Waals surface area contributed by atoms with E-state index in [0.29, 0.717) is 5.02 Å². The molecule has 2 amide bonds. The number of rotatable bonds is 4. The first-order valence-corrected chi connectivity index (χ1v) is 7.80. The zero-order valence-corrected chi connectivity index (χ0v) is 14.2. The summed E-state index contributed by atoms with van der Waals surface area (Å²) >= 11 is 5.86. The zero-order valence-electron chi connectivity index (χ0n) is 13.5. The van der Waals surface area contributed by atoms with E-state index in [9.17, 15) is 9.90 Å². The van der Waals surface area contributed by atoms with E-state index in [2.05, 4.69) is 10.6 Å². The molecule has 122 valence electrons. The van der Waals surface area contributed by atoms with Gasteiger partial charge in [0.2, 0.25) is 0 Å². The first kappa shape index (κ1) is 17.3. The van der Waals surface area contributed by atoms with Gasteiger partial charge >= 0.3 is 6.03 Å². The van der Waals surface area contributed by atoms with E-state index in [1.54, 1.807) is 24.3 Å². The van der Waals surface area contributed by atoms with E-state index >= 15 is 0 Å². The molecule has 0 aliphatic heterocycles. The molecule has 2 rings (SSSR count). The molecular weight excluding hydrogens is 312 g/mol. The van der Waals surface area contributed by atoms with E-state index in [1.165, 1.54) is 0 Å². The number of hydrogen-bond donors (Lipinski definition) is 3. The van der Waals surface area contributed by atoms with Gasteiger partial charge in [-0.05, 0) is 49.6 Å². The van der Waals surface area contributed by atoms with Gasteiger partial charge in [0.1, 0.15) is 0 Å². The number of amides is 2. The molecule has 0 aliphatic rings. The summed E-state index contributed by atoms with van der Waals surface area (Å²) in [7, 11) is 0. The predicted molar refractivity (Wildman–Crippen MR) is 94.1 cm³/mol. The Morgan fingerprint density at radius 2 is 1.70 bits per heavy atom. The Balaban J connectivity index is 2.10. The lowest BCUT2D eigenvalue weighted by molar-refractivity contribution is 0.225. The van der Waals surface area contributed by atoms with Gasteiger partial charge in [0.25, 0.3) is 0 Å². The van der Waals surface area contributed by atoms with Crippen LogP contribution in [0.1, 0.15) is 28.3 Å². The molecule has 2 aromatic rings. The monoisotopic (exact) mass is 332 g/mol. The second-order valence-corrected chi connectivity index (χ2v) is 6.10. The van der Waals surface area contributed by atoms with Gasteiger partial charge in [0, 0.05) is 10.7 Å². The van der Waals surface area contributed by atoms with E-state index in [-0.39, 0.29) is 12.6 Å². The number of benzene rings is 2. The number of aliphatic hydroxyl groups excluding tert-OH is 1. The summed E-state index contributed by atoms with van der Waals surface area (Å²) < 4.78 is 0. The van der Waals surface area contributed by atoms with E-state index < -0.39 is 6.04 Å². The van der Waals surface area contributed by atoms with Crippen LogP contribution in [0.2, 0.25) is 5.02 Å². The number of aryl methyl sites for hydroxylation is 3. The molecular formula is C18H21ClN2O2. The van der Waals surface area contributed by atoms with Crippen LogP contribution in [0.15, 0.2) is 36.4 Å². The first-order valence-electron chi connectivity index (χ1n) is 7.42. The molecule has 23 heavy (non-hydrogen) atoms. The highest BCUT2D eigenvalue weighted by atomic mass is 35.5. The molecule has 0 radical (unpaired) electrons. The van der Waals surface area contributed by atoms with Crippen molar-refractivity contribution in [3.05, 3.63) is 63.7 Å². The molecule has 0 aromatic heterocycles. The van der Waals surface area contributed by atoms with Crippen LogP contribution in [0.25, 0.3) is 0 Å². The van der Waals surface area contributed by atoms with Crippen molar-refractivity contribution in [2.45, 2.75) is 26.8 Å². The molecule has 0 heterocycles. The van der Waals surface area contributed by atoms with Crippen LogP contribution in [0.5, 0.6) is 0 Å². The van der Waals surface area contributed by atoms with Gasteiger partial charge in [0.15, 0.2) is 0 Å². The highest BCUT2D eigenvalue weighted by Crippen LogP contribution is 2.22. The lowest BCUT2D eigenvalue weighted by Crippen LogP contribution is -2.34. The SMILES string of the molecule is Cc1cc(C)c(NC(=O)NC(CO)c2ccc(Cl)cc2)c(C)c1. The van der Waals surface area contributed by atoms with Crippen LogP contribution in [-0.2, 0) is 0 Å². The summed E-state index contributed by atoms with van der Waals surface area (Å²) in [5, 5.41) is 15.8. The minimum Gasteiger partial charge on any atom is -0.394 e. The van der Waals surface area contributed by atoms with Gasteiger partial charge in [-0.2, -0.15) is 0 Å². The van der Waals surface area contributed by atoms with Crippen LogP contribution in [0.4, 0.5) is 10.5 Å². The van der Waals surface area contributed by atoms with Crippen molar-refractivity contribution in [3.63, 3.8) is 0 Å². The molecule has 0 bridgehead atoms. The second kappa shape index (κ2) is 7.49. The van der Waals surface area contributed by atoms with Crippen LogP contribution < -0.4 is 10.6 Å². The Kier molecular flexibility index (Phi) is 5.64. The van der Waals surface area contributed by atoms with Gasteiger partial charge in [-0.3, -0.25) is 0 Å². The van der Waals surface area contributed by atoms with E-state index in [1.807, 2.05) is 32.9 Å². The summed E-state index contributed by atoms with van der Waals surface area (Å²) in [6, 6.07) is 10.2. The molecule has 0 saturated heterocycles. The van der Waals surface area contributed by atoms with Crippen molar-refractivity contribution in [2.24, 2.45) is 0 Å². The minimum absolute atomic E-state index is 0.194. The topological polar surface area (TPSA) is 61.4 Å². The van der Waals surface area contributed by atoms with Crippen molar-refractivity contribution in [2.75, 3.05) is 11.9 Å². The zero-order chi connectivity index (χ0) is 17.0. The van der Waals surface area contributed by atoms with Gasteiger partial charge in [-0.1, -0.05) is 41.4 Å². The number of hydrogen-bond acceptors (Lipinski definition) is 2. The molecule has 1 atom stereocenters. The molecule has 5 heteroatoms. The molecule has 0 saturated carbocycles. The molecule has 0 spiro atoms. The number of halogens is 1. The van der Waals surface area contributed by atoms with E-state index in [4.69, 9.17) is 11.6 Å². The number of aliphatic hydroxyl groups is 1. The summed E-state index contributed by atoms with van der Waals surface area (Å²) in [6.07, 6.45) is 0. The third kappa shape index (κ3) is 4.47. The number of nitrogens with one attached hydrogen (secondary N) is 2. The Hall–Kier alpha value is -2.04. The summed E-state index contributed by atoms with van der Waals surface area (Å²) in [6.45, 7) is 5.74. The fraction of sp³-hybridized carbons (Fsp3) is 0.278. The van der Waals surface area contributed by atoms with Crippen molar-refractivity contribution in [1.82, 2.24) is 5.32 Å².